The molecule has 0 fully saturated rings. The van der Waals surface area contributed by atoms with Crippen molar-refractivity contribution in [2.45, 2.75) is 13.1 Å². The van der Waals surface area contributed by atoms with Crippen LogP contribution in [-0.4, -0.2) is 13.2 Å². The van der Waals surface area contributed by atoms with Gasteiger partial charge in [-0.25, -0.2) is 0 Å². The first-order chi connectivity index (χ1) is 2.27. The van der Waals surface area contributed by atoms with Gasteiger partial charge in [-0.1, -0.05) is 0 Å². The van der Waals surface area contributed by atoms with E-state index in [1.54, 1.807) is 0 Å². The molecule has 0 saturated carbocycles. The maximum Gasteiger partial charge on any atom is 0.0514 e. The predicted molar refractivity (Wildman–Crippen MR) is 22.7 cm³/mol. The largest absolute Gasteiger partial charge is 0.316 e. The molecule has 0 heterocycles. The molecule has 0 rings (SSSR count). The fourth-order valence-corrected chi connectivity index (χ4v) is 0. The first-order valence-electron chi connectivity index (χ1n) is 1.70. The third-order valence-corrected chi connectivity index (χ3v) is 0.455. The zero-order valence-electron chi connectivity index (χ0n) is 3.65. The molecule has 0 aromatic rings. The Balaban J connectivity index is 2.54. The third-order valence-electron chi connectivity index (χ3n) is 0.455. The monoisotopic (exact) mass is 74.1 g/mol. The number of nitrogens with two attached hydrogens (primary N) is 1. The van der Waals surface area contributed by atoms with E-state index in [-0.39, 0.29) is 6.17 Å². The Morgan fingerprint density at radius 3 is 2.00 bits per heavy atom. The molecule has 1 atom stereocenters. The fourth-order valence-electron chi connectivity index (χ4n) is 0. The van der Waals surface area contributed by atoms with E-state index >= 15 is 0 Å². The lowest BCUT2D eigenvalue weighted by molar-refractivity contribution is 0.639. The van der Waals surface area contributed by atoms with Crippen molar-refractivity contribution < 1.29 is 0 Å². The van der Waals surface area contributed by atoms with Gasteiger partial charge < -0.3 is 11.1 Å². The van der Waals surface area contributed by atoms with Gasteiger partial charge in [0.2, 0.25) is 0 Å². The predicted octanol–water partition coefficient (Wildman–Crippen LogP) is -0.490. The van der Waals surface area contributed by atoms with Crippen molar-refractivity contribution >= 4 is 0 Å². The Hall–Kier alpha value is -0.0800. The van der Waals surface area contributed by atoms with Gasteiger partial charge in [0.05, 0.1) is 6.17 Å². The second-order valence-corrected chi connectivity index (χ2v) is 1.08. The molecule has 2 nitrogen and oxygen atoms in total. The van der Waals surface area contributed by atoms with Crippen LogP contribution in [0.15, 0.2) is 0 Å². The quantitative estimate of drug-likeness (QED) is 0.412. The van der Waals surface area contributed by atoms with Gasteiger partial charge in [-0.2, -0.15) is 0 Å². The topological polar surface area (TPSA) is 38.0 Å². The maximum atomic E-state index is 5.18. The van der Waals surface area contributed by atoms with Gasteiger partial charge in [-0.3, -0.25) is 0 Å². The normalized spacial score (nSPS) is 15.0. The van der Waals surface area contributed by atoms with Crippen molar-refractivity contribution in [2.75, 3.05) is 7.05 Å². The third kappa shape index (κ3) is 3.92. The Kier molecular flexibility index (Phi) is 2.14. The van der Waals surface area contributed by atoms with E-state index in [1.165, 1.54) is 0 Å². The summed E-state index contributed by atoms with van der Waals surface area (Å²) in [6.07, 6.45) is 0.134. The Morgan fingerprint density at radius 2 is 2.00 bits per heavy atom. The SMILES string of the molecule is CN[C@H](C)N. The minimum absolute atomic E-state index is 0.134. The molecule has 0 aliphatic rings. The van der Waals surface area contributed by atoms with E-state index in [0.717, 1.165) is 0 Å². The van der Waals surface area contributed by atoms with Crippen molar-refractivity contribution in [3.05, 3.63) is 0 Å². The van der Waals surface area contributed by atoms with Gasteiger partial charge in [-0.15, -0.1) is 0 Å². The van der Waals surface area contributed by atoms with E-state index in [4.69, 9.17) is 5.73 Å². The van der Waals surface area contributed by atoms with Gasteiger partial charge in [0.15, 0.2) is 0 Å². The fraction of sp³-hybridized carbons (Fsp3) is 1.00. The molecule has 0 radical (unpaired) electrons. The lowest BCUT2D eigenvalue weighted by atomic mass is 10.6. The first-order valence-corrected chi connectivity index (χ1v) is 1.70. The molecule has 0 bridgehead atoms. The standard InChI is InChI=1S/C3H10N2/c1-3(4)5-2/h3,5H,4H2,1-2H3/t3-/m1/s1. The summed E-state index contributed by atoms with van der Waals surface area (Å²) in [5, 5.41) is 2.81. The average molecular weight is 74.1 g/mol. The summed E-state index contributed by atoms with van der Waals surface area (Å²) in [5.41, 5.74) is 5.18. The van der Waals surface area contributed by atoms with E-state index in [1.807, 2.05) is 14.0 Å². The van der Waals surface area contributed by atoms with Crippen molar-refractivity contribution in [3.8, 4) is 0 Å². The molecule has 3 N–H and O–H groups in total. The molecule has 0 spiro atoms. The second-order valence-electron chi connectivity index (χ2n) is 1.08. The summed E-state index contributed by atoms with van der Waals surface area (Å²) in [7, 11) is 1.82. The molecule has 0 aliphatic carbocycles. The molecule has 0 aliphatic heterocycles. The molecular formula is C3H10N2. The highest BCUT2D eigenvalue weighted by atomic mass is 15.0. The van der Waals surface area contributed by atoms with Crippen LogP contribution in [-0.2, 0) is 0 Å². The molecule has 2 heteroatoms. The summed E-state index contributed by atoms with van der Waals surface area (Å²) in [6.45, 7) is 1.89. The van der Waals surface area contributed by atoms with Crippen LogP contribution in [0, 0.1) is 0 Å². The van der Waals surface area contributed by atoms with E-state index in [2.05, 4.69) is 5.32 Å². The molecule has 5 heavy (non-hydrogen) atoms. The molecule has 0 aromatic carbocycles. The smallest absolute Gasteiger partial charge is 0.0514 e. The van der Waals surface area contributed by atoms with Crippen molar-refractivity contribution in [2.24, 2.45) is 5.73 Å². The Bertz CT molecular complexity index is 18.9. The van der Waals surface area contributed by atoms with Gasteiger partial charge in [0.1, 0.15) is 0 Å². The molecule has 0 unspecified atom stereocenters. The highest BCUT2D eigenvalue weighted by Crippen LogP contribution is 1.52. The van der Waals surface area contributed by atoms with Crippen LogP contribution in [0.25, 0.3) is 0 Å². The van der Waals surface area contributed by atoms with Gasteiger partial charge in [0.25, 0.3) is 0 Å². The minimum atomic E-state index is 0.134. The molecular weight excluding hydrogens is 64.0 g/mol. The molecule has 32 valence electrons. The van der Waals surface area contributed by atoms with Crippen molar-refractivity contribution in [1.82, 2.24) is 5.32 Å². The zero-order chi connectivity index (χ0) is 4.28. The van der Waals surface area contributed by atoms with Crippen LogP contribution in [0.1, 0.15) is 6.92 Å². The highest BCUT2D eigenvalue weighted by Gasteiger charge is 1.76. The summed E-state index contributed by atoms with van der Waals surface area (Å²) < 4.78 is 0. The highest BCUT2D eigenvalue weighted by molar-refractivity contribution is 4.37. The number of hydrogen-bond donors (Lipinski definition) is 2. The Morgan fingerprint density at radius 1 is 1.80 bits per heavy atom. The van der Waals surface area contributed by atoms with Crippen LogP contribution in [0.4, 0.5) is 0 Å². The average Bonchev–Trinajstić information content (AvgIpc) is 1.38. The molecule has 0 amide bonds. The van der Waals surface area contributed by atoms with Crippen molar-refractivity contribution in [1.29, 1.82) is 0 Å². The van der Waals surface area contributed by atoms with Gasteiger partial charge in [-0.05, 0) is 14.0 Å². The summed E-state index contributed by atoms with van der Waals surface area (Å²) in [6, 6.07) is 0. The van der Waals surface area contributed by atoms with Crippen LogP contribution in [0.3, 0.4) is 0 Å². The molecule has 0 saturated heterocycles. The van der Waals surface area contributed by atoms with Crippen LogP contribution in [0.2, 0.25) is 0 Å². The summed E-state index contributed by atoms with van der Waals surface area (Å²) in [5.74, 6) is 0. The van der Waals surface area contributed by atoms with Crippen LogP contribution >= 0.6 is 0 Å². The van der Waals surface area contributed by atoms with Gasteiger partial charge in [0, 0.05) is 0 Å². The number of hydrogen-bond acceptors (Lipinski definition) is 2. The lowest BCUT2D eigenvalue weighted by Crippen LogP contribution is -2.30. The minimum Gasteiger partial charge on any atom is -0.316 e. The number of rotatable bonds is 1. The number of nitrogens with one attached hydrogen (secondary N) is 1. The van der Waals surface area contributed by atoms with Gasteiger partial charge >= 0.3 is 0 Å². The van der Waals surface area contributed by atoms with Crippen LogP contribution < -0.4 is 11.1 Å². The Labute approximate surface area is 32.4 Å². The summed E-state index contributed by atoms with van der Waals surface area (Å²) >= 11 is 0. The van der Waals surface area contributed by atoms with E-state index < -0.39 is 0 Å². The molecule has 0 aromatic heterocycles. The van der Waals surface area contributed by atoms with Crippen molar-refractivity contribution in [3.63, 3.8) is 0 Å². The second kappa shape index (κ2) is 2.18. The first kappa shape index (κ1) is 4.92. The van der Waals surface area contributed by atoms with E-state index in [0.29, 0.717) is 0 Å². The summed E-state index contributed by atoms with van der Waals surface area (Å²) in [4.78, 5) is 0. The van der Waals surface area contributed by atoms with E-state index in [9.17, 15) is 0 Å². The maximum absolute atomic E-state index is 5.18. The zero-order valence-corrected chi connectivity index (χ0v) is 3.65. The lowest BCUT2D eigenvalue weighted by Gasteiger charge is -1.96. The van der Waals surface area contributed by atoms with Crippen LogP contribution in [0.5, 0.6) is 0 Å².